The van der Waals surface area contributed by atoms with Crippen molar-refractivity contribution in [1.29, 1.82) is 0 Å². The third kappa shape index (κ3) is 3.74. The van der Waals surface area contributed by atoms with Gasteiger partial charge in [-0.05, 0) is 18.9 Å². The van der Waals surface area contributed by atoms with E-state index in [1.165, 1.54) is 0 Å². The Morgan fingerprint density at radius 2 is 2.33 bits per heavy atom. The Hall–Kier alpha value is -0.260. The first kappa shape index (κ1) is 5.74. The van der Waals surface area contributed by atoms with E-state index in [0.717, 1.165) is 6.42 Å². The van der Waals surface area contributed by atoms with Crippen LogP contribution in [0.3, 0.4) is 0 Å². The Morgan fingerprint density at radius 1 is 1.67 bits per heavy atom. The van der Waals surface area contributed by atoms with Gasteiger partial charge in [-0.3, -0.25) is 0 Å². The van der Waals surface area contributed by atoms with Gasteiger partial charge >= 0.3 is 0 Å². The third-order valence-electron chi connectivity index (χ3n) is 0.489. The highest BCUT2D eigenvalue weighted by Gasteiger charge is 1.61. The smallest absolute Gasteiger partial charge is 0.0195 e. The number of hydrogen-bond acceptors (Lipinski definition) is 0. The van der Waals surface area contributed by atoms with Gasteiger partial charge in [0.15, 0.2) is 0 Å². The molecule has 6 heavy (non-hydrogen) atoms. The van der Waals surface area contributed by atoms with Gasteiger partial charge < -0.3 is 0 Å². The van der Waals surface area contributed by atoms with Crippen LogP contribution in [0.1, 0.15) is 20.3 Å². The van der Waals surface area contributed by atoms with Gasteiger partial charge in [0.25, 0.3) is 0 Å². The van der Waals surface area contributed by atoms with Crippen LogP contribution in [0.5, 0.6) is 0 Å². The third-order valence-corrected chi connectivity index (χ3v) is 0.489. The number of hydrogen-bond donors (Lipinski definition) is 0. The van der Waals surface area contributed by atoms with E-state index < -0.39 is 0 Å². The fourth-order valence-corrected chi connectivity index (χ4v) is 0.236. The zero-order chi connectivity index (χ0) is 4.83. The predicted molar refractivity (Wildman–Crippen MR) is 28.1 cm³/mol. The molecular weight excluding hydrogens is 72.1 g/mol. The van der Waals surface area contributed by atoms with Crippen molar-refractivity contribution in [3.63, 3.8) is 0 Å². The molecule has 0 saturated heterocycles. The molecule has 0 aromatic heterocycles. The first-order chi connectivity index (χ1) is 2.91. The van der Waals surface area contributed by atoms with Gasteiger partial charge in [0.1, 0.15) is 0 Å². The van der Waals surface area contributed by atoms with Crippen LogP contribution in [0.4, 0.5) is 0 Å². The molecule has 0 heteroatoms. The molecule has 0 saturated carbocycles. The molecule has 0 aliphatic heterocycles. The maximum absolute atomic E-state index is 3.02. The molecule has 2 radical (unpaired) electrons. The molecule has 0 aliphatic rings. The van der Waals surface area contributed by atoms with E-state index in [1.807, 2.05) is 19.4 Å². The van der Waals surface area contributed by atoms with Gasteiger partial charge in [-0.25, -0.2) is 0 Å². The summed E-state index contributed by atoms with van der Waals surface area (Å²) < 4.78 is 0. The van der Waals surface area contributed by atoms with E-state index in [4.69, 9.17) is 0 Å². The molecule has 0 aromatic rings. The highest BCUT2D eigenvalue weighted by Crippen LogP contribution is 1.78. The summed E-state index contributed by atoms with van der Waals surface area (Å²) in [6, 6.07) is 0. The average Bonchev–Trinajstić information content (AvgIpc) is 1.61. The molecule has 34 valence electrons. The van der Waals surface area contributed by atoms with Gasteiger partial charge in [-0.1, -0.05) is 19.9 Å². The largest absolute Gasteiger partial charge is 0.0776 e. The van der Waals surface area contributed by atoms with E-state index in [2.05, 4.69) is 13.0 Å². The molecular formula is C6H10. The zero-order valence-electron chi connectivity index (χ0n) is 4.36. The summed E-state index contributed by atoms with van der Waals surface area (Å²) in [7, 11) is 0. The van der Waals surface area contributed by atoms with Crippen LogP contribution in [-0.4, -0.2) is 0 Å². The molecule has 0 bridgehead atoms. The summed E-state index contributed by atoms with van der Waals surface area (Å²) in [6.07, 6.45) is 7.94. The quantitative estimate of drug-likeness (QED) is 0.478. The van der Waals surface area contributed by atoms with Gasteiger partial charge in [-0.2, -0.15) is 0 Å². The van der Waals surface area contributed by atoms with Crippen molar-refractivity contribution in [2.75, 3.05) is 0 Å². The average molecular weight is 82.1 g/mol. The van der Waals surface area contributed by atoms with Gasteiger partial charge in [0, 0.05) is 0 Å². The molecule has 0 N–H and O–H groups in total. The second kappa shape index (κ2) is 4.74. The fraction of sp³-hybridized carbons (Fsp3) is 0.500. The number of rotatable bonds is 2. The van der Waals surface area contributed by atoms with Crippen LogP contribution in [0.15, 0.2) is 6.08 Å². The summed E-state index contributed by atoms with van der Waals surface area (Å²) in [5.41, 5.74) is 0. The Bertz CT molecular complexity index is 29.3. The van der Waals surface area contributed by atoms with Gasteiger partial charge in [0.05, 0.1) is 0 Å². The predicted octanol–water partition coefficient (Wildman–Crippen LogP) is 1.98. The van der Waals surface area contributed by atoms with Gasteiger partial charge in [-0.15, -0.1) is 0 Å². The first-order valence-electron chi connectivity index (χ1n) is 2.26. The van der Waals surface area contributed by atoms with Crippen LogP contribution in [0, 0.1) is 12.5 Å². The van der Waals surface area contributed by atoms with Crippen LogP contribution in [0.2, 0.25) is 0 Å². The van der Waals surface area contributed by atoms with E-state index >= 15 is 0 Å². The fourth-order valence-electron chi connectivity index (χ4n) is 0.236. The molecule has 0 amide bonds. The summed E-state index contributed by atoms with van der Waals surface area (Å²) in [4.78, 5) is 0. The minimum atomic E-state index is 1.02. The minimum Gasteiger partial charge on any atom is -0.0776 e. The zero-order valence-corrected chi connectivity index (χ0v) is 4.36. The standard InChI is InChI=1S/C6H10/c1-3-5-6-4-2/h3,5H,4H2,1-2H3. The van der Waals surface area contributed by atoms with Crippen LogP contribution >= 0.6 is 0 Å². The summed E-state index contributed by atoms with van der Waals surface area (Å²) in [5, 5.41) is 0. The molecule has 0 aromatic carbocycles. The Morgan fingerprint density at radius 3 is 2.50 bits per heavy atom. The molecule has 0 spiro atoms. The normalized spacial score (nSPS) is 10.3. The van der Waals surface area contributed by atoms with Gasteiger partial charge in [0.2, 0.25) is 0 Å². The molecule has 0 aliphatic carbocycles. The minimum absolute atomic E-state index is 1.02. The number of allylic oxidation sites excluding steroid dienone is 2. The Kier molecular flexibility index (Phi) is 4.53. The molecule has 0 rings (SSSR count). The lowest BCUT2D eigenvalue weighted by molar-refractivity contribution is 1.18. The molecule has 0 nitrogen and oxygen atoms in total. The van der Waals surface area contributed by atoms with Crippen molar-refractivity contribution in [2.45, 2.75) is 20.3 Å². The van der Waals surface area contributed by atoms with Crippen molar-refractivity contribution in [3.8, 4) is 0 Å². The Balaban J connectivity index is 2.73. The summed E-state index contributed by atoms with van der Waals surface area (Å²) in [6.45, 7) is 4.06. The lowest BCUT2D eigenvalue weighted by Gasteiger charge is -1.70. The second-order valence-electron chi connectivity index (χ2n) is 1.06. The highest BCUT2D eigenvalue weighted by molar-refractivity contribution is 4.84. The van der Waals surface area contributed by atoms with E-state index in [9.17, 15) is 0 Å². The topological polar surface area (TPSA) is 0 Å². The van der Waals surface area contributed by atoms with Crippen LogP contribution < -0.4 is 0 Å². The van der Waals surface area contributed by atoms with E-state index in [0.29, 0.717) is 0 Å². The maximum Gasteiger partial charge on any atom is -0.0195 e. The molecule has 0 fully saturated rings. The van der Waals surface area contributed by atoms with Crippen molar-refractivity contribution >= 4 is 0 Å². The summed E-state index contributed by atoms with van der Waals surface area (Å²) >= 11 is 0. The van der Waals surface area contributed by atoms with Crippen LogP contribution in [0.25, 0.3) is 0 Å². The molecule has 0 atom stereocenters. The first-order valence-corrected chi connectivity index (χ1v) is 2.26. The van der Waals surface area contributed by atoms with Crippen molar-refractivity contribution in [2.24, 2.45) is 0 Å². The lowest BCUT2D eigenvalue weighted by Crippen LogP contribution is -1.54. The SMILES string of the molecule is C[CH]/C=[C]/CC. The van der Waals surface area contributed by atoms with Crippen molar-refractivity contribution < 1.29 is 0 Å². The monoisotopic (exact) mass is 82.1 g/mol. The second-order valence-corrected chi connectivity index (χ2v) is 1.06. The van der Waals surface area contributed by atoms with Crippen molar-refractivity contribution in [1.82, 2.24) is 0 Å². The van der Waals surface area contributed by atoms with E-state index in [1.54, 1.807) is 0 Å². The van der Waals surface area contributed by atoms with E-state index in [-0.39, 0.29) is 0 Å². The van der Waals surface area contributed by atoms with Crippen molar-refractivity contribution in [3.05, 3.63) is 18.6 Å². The Labute approximate surface area is 39.9 Å². The lowest BCUT2D eigenvalue weighted by atomic mass is 10.4. The molecule has 0 heterocycles. The maximum atomic E-state index is 3.02. The summed E-state index contributed by atoms with van der Waals surface area (Å²) in [5.74, 6) is 0. The van der Waals surface area contributed by atoms with Crippen LogP contribution in [-0.2, 0) is 0 Å². The highest BCUT2D eigenvalue weighted by atomic mass is 13.7. The molecule has 0 unspecified atom stereocenters.